The van der Waals surface area contributed by atoms with Gasteiger partial charge in [-0.1, -0.05) is 15.9 Å². The molecule has 2 N–H and O–H groups in total. The minimum atomic E-state index is -3.75. The molecule has 10 heteroatoms. The molecule has 27 heavy (non-hydrogen) atoms. The first-order valence-electron chi connectivity index (χ1n) is 8.66. The van der Waals surface area contributed by atoms with Crippen LogP contribution in [-0.2, 0) is 14.8 Å². The van der Waals surface area contributed by atoms with Crippen LogP contribution in [0.15, 0.2) is 27.6 Å². The first-order chi connectivity index (χ1) is 12.5. The summed E-state index contributed by atoms with van der Waals surface area (Å²) >= 11 is 3.38. The molecule has 8 nitrogen and oxygen atoms in total. The Hall–Kier alpha value is -1.36. The number of carbonyl (C=O) groups excluding carboxylic acids is 1. The molecule has 1 amide bonds. The van der Waals surface area contributed by atoms with Gasteiger partial charge in [-0.25, -0.2) is 17.9 Å². The van der Waals surface area contributed by atoms with E-state index in [0.717, 1.165) is 4.47 Å². The number of amides is 1. The number of benzene rings is 1. The smallest absolute Gasteiger partial charge is 0.410 e. The van der Waals surface area contributed by atoms with Crippen molar-refractivity contribution in [2.45, 2.75) is 31.3 Å². The number of nitrogens with zero attached hydrogens (tertiary/aromatic N) is 2. The van der Waals surface area contributed by atoms with Gasteiger partial charge in [0.05, 0.1) is 12.3 Å². The standard InChI is InChI=1S/C17H26BrN3O5S/c1-17(2,3)26-16(23)21-9-7-20(8-10-21)14-12-13(18)4-5-15(14)27(24,25)19-6-11-22/h4-5,12,19,22H,6-11H2,1-3H3. The molecule has 0 radical (unpaired) electrons. The topological polar surface area (TPSA) is 99.2 Å². The Balaban J connectivity index is 2.16. The fraction of sp³-hybridized carbons (Fsp3) is 0.588. The van der Waals surface area contributed by atoms with Crippen molar-refractivity contribution in [1.82, 2.24) is 9.62 Å². The van der Waals surface area contributed by atoms with Gasteiger partial charge in [0.15, 0.2) is 0 Å². The average Bonchev–Trinajstić information content (AvgIpc) is 2.58. The van der Waals surface area contributed by atoms with Crippen molar-refractivity contribution in [3.8, 4) is 0 Å². The molecule has 152 valence electrons. The molecular formula is C17H26BrN3O5S. The Morgan fingerprint density at radius 3 is 2.44 bits per heavy atom. The molecule has 0 unspecified atom stereocenters. The van der Waals surface area contributed by atoms with Crippen LogP contribution in [0.4, 0.5) is 10.5 Å². The first kappa shape index (κ1) is 21.9. The fourth-order valence-electron chi connectivity index (χ4n) is 2.68. The lowest BCUT2D eigenvalue weighted by atomic mass is 10.2. The van der Waals surface area contributed by atoms with Crippen molar-refractivity contribution < 1.29 is 23.1 Å². The number of hydrogen-bond donors (Lipinski definition) is 2. The molecule has 0 bridgehead atoms. The van der Waals surface area contributed by atoms with E-state index in [1.54, 1.807) is 17.0 Å². The summed E-state index contributed by atoms with van der Waals surface area (Å²) in [6.07, 6.45) is -0.367. The van der Waals surface area contributed by atoms with Crippen LogP contribution in [0.5, 0.6) is 0 Å². The number of rotatable bonds is 5. The van der Waals surface area contributed by atoms with E-state index >= 15 is 0 Å². The predicted molar refractivity (Wildman–Crippen MR) is 106 cm³/mol. The van der Waals surface area contributed by atoms with Crippen molar-refractivity contribution in [2.75, 3.05) is 44.2 Å². The summed E-state index contributed by atoms with van der Waals surface area (Å²) in [5, 5.41) is 8.91. The maximum atomic E-state index is 12.5. The zero-order valence-electron chi connectivity index (χ0n) is 15.7. The average molecular weight is 464 g/mol. The van der Waals surface area contributed by atoms with Gasteiger partial charge in [-0.05, 0) is 39.0 Å². The number of hydrogen-bond acceptors (Lipinski definition) is 6. The highest BCUT2D eigenvalue weighted by Crippen LogP contribution is 2.30. The zero-order valence-corrected chi connectivity index (χ0v) is 18.1. The SMILES string of the molecule is CC(C)(C)OC(=O)N1CCN(c2cc(Br)ccc2S(=O)(=O)NCCO)CC1. The van der Waals surface area contributed by atoms with Crippen molar-refractivity contribution >= 4 is 37.7 Å². The highest BCUT2D eigenvalue weighted by atomic mass is 79.9. The van der Waals surface area contributed by atoms with Gasteiger partial charge in [-0.3, -0.25) is 0 Å². The van der Waals surface area contributed by atoms with Gasteiger partial charge < -0.3 is 19.6 Å². The number of piperazine rings is 1. The number of carbonyl (C=O) groups is 1. The molecule has 1 aromatic rings. The summed E-state index contributed by atoms with van der Waals surface area (Å²) in [5.74, 6) is 0. The number of halogens is 1. The molecular weight excluding hydrogens is 438 g/mol. The number of aliphatic hydroxyl groups is 1. The number of sulfonamides is 1. The summed E-state index contributed by atoms with van der Waals surface area (Å²) in [6, 6.07) is 4.93. The van der Waals surface area contributed by atoms with Gasteiger partial charge in [0.2, 0.25) is 10.0 Å². The second kappa shape index (κ2) is 8.76. The summed E-state index contributed by atoms with van der Waals surface area (Å²) in [7, 11) is -3.75. The molecule has 1 fully saturated rings. The quantitative estimate of drug-likeness (QED) is 0.690. The Labute approximate surface area is 168 Å². The molecule has 0 atom stereocenters. The monoisotopic (exact) mass is 463 g/mol. The summed E-state index contributed by atoms with van der Waals surface area (Å²) in [5.41, 5.74) is -0.00310. The van der Waals surface area contributed by atoms with Crippen LogP contribution in [0.1, 0.15) is 20.8 Å². The van der Waals surface area contributed by atoms with Gasteiger partial charge in [0, 0.05) is 37.2 Å². The van der Waals surface area contributed by atoms with Crippen LogP contribution in [0.2, 0.25) is 0 Å². The summed E-state index contributed by atoms with van der Waals surface area (Å²) in [6.45, 7) is 6.97. The van der Waals surface area contributed by atoms with Crippen molar-refractivity contribution in [3.63, 3.8) is 0 Å². The van der Waals surface area contributed by atoms with Crippen LogP contribution in [0.3, 0.4) is 0 Å². The first-order valence-corrected chi connectivity index (χ1v) is 10.9. The molecule has 0 aliphatic carbocycles. The number of nitrogens with one attached hydrogen (secondary N) is 1. The van der Waals surface area contributed by atoms with Crippen LogP contribution >= 0.6 is 15.9 Å². The molecule has 0 aromatic heterocycles. The second-order valence-corrected chi connectivity index (χ2v) is 9.84. The lowest BCUT2D eigenvalue weighted by Gasteiger charge is -2.37. The third kappa shape index (κ3) is 6.06. The van der Waals surface area contributed by atoms with Gasteiger partial charge in [-0.15, -0.1) is 0 Å². The zero-order chi connectivity index (χ0) is 20.2. The van der Waals surface area contributed by atoms with Crippen LogP contribution in [0.25, 0.3) is 0 Å². The molecule has 2 rings (SSSR count). The van der Waals surface area contributed by atoms with E-state index in [2.05, 4.69) is 20.7 Å². The van der Waals surface area contributed by atoms with E-state index < -0.39 is 15.6 Å². The van der Waals surface area contributed by atoms with Crippen molar-refractivity contribution in [3.05, 3.63) is 22.7 Å². The van der Waals surface area contributed by atoms with Gasteiger partial charge in [0.1, 0.15) is 10.5 Å². The van der Waals surface area contributed by atoms with E-state index in [4.69, 9.17) is 9.84 Å². The lowest BCUT2D eigenvalue weighted by molar-refractivity contribution is 0.0240. The Morgan fingerprint density at radius 2 is 1.89 bits per heavy atom. The van der Waals surface area contributed by atoms with Crippen molar-refractivity contribution in [1.29, 1.82) is 0 Å². The van der Waals surface area contributed by atoms with Crippen LogP contribution < -0.4 is 9.62 Å². The minimum absolute atomic E-state index is 0.0513. The van der Waals surface area contributed by atoms with Gasteiger partial charge in [-0.2, -0.15) is 0 Å². The van der Waals surface area contributed by atoms with E-state index in [0.29, 0.717) is 31.9 Å². The van der Waals surface area contributed by atoms with Crippen molar-refractivity contribution in [2.24, 2.45) is 0 Å². The molecule has 1 aliphatic heterocycles. The summed E-state index contributed by atoms with van der Waals surface area (Å²) in [4.78, 5) is 15.9. The Kier molecular flexibility index (Phi) is 7.12. The molecule has 1 aromatic carbocycles. The Bertz CT molecular complexity index is 771. The minimum Gasteiger partial charge on any atom is -0.444 e. The maximum absolute atomic E-state index is 12.5. The summed E-state index contributed by atoms with van der Waals surface area (Å²) < 4.78 is 33.6. The number of ether oxygens (including phenoxy) is 1. The molecule has 1 saturated heterocycles. The molecule has 1 heterocycles. The van der Waals surface area contributed by atoms with E-state index in [-0.39, 0.29) is 24.1 Å². The molecule has 0 saturated carbocycles. The highest BCUT2D eigenvalue weighted by Gasteiger charge is 2.28. The van der Waals surface area contributed by atoms with Gasteiger partial charge in [0.25, 0.3) is 0 Å². The highest BCUT2D eigenvalue weighted by molar-refractivity contribution is 9.10. The van der Waals surface area contributed by atoms with Gasteiger partial charge >= 0.3 is 6.09 Å². The van der Waals surface area contributed by atoms with Crippen LogP contribution in [-0.4, -0.2) is 69.4 Å². The predicted octanol–water partition coefficient (Wildman–Crippen LogP) is 1.78. The molecule has 0 spiro atoms. The maximum Gasteiger partial charge on any atom is 0.410 e. The van der Waals surface area contributed by atoms with E-state index in [9.17, 15) is 13.2 Å². The third-order valence-corrected chi connectivity index (χ3v) is 5.89. The molecule has 1 aliphatic rings. The fourth-order valence-corrected chi connectivity index (χ4v) is 4.25. The normalized spacial score (nSPS) is 15.7. The lowest BCUT2D eigenvalue weighted by Crippen LogP contribution is -2.50. The third-order valence-electron chi connectivity index (χ3n) is 3.89. The number of anilines is 1. The van der Waals surface area contributed by atoms with E-state index in [1.165, 1.54) is 6.07 Å². The number of aliphatic hydroxyl groups excluding tert-OH is 1. The second-order valence-electron chi connectivity index (χ2n) is 7.19. The Morgan fingerprint density at radius 1 is 1.26 bits per heavy atom. The van der Waals surface area contributed by atoms with E-state index in [1.807, 2.05) is 25.7 Å². The van der Waals surface area contributed by atoms with Crippen LogP contribution in [0, 0.1) is 0 Å². The largest absolute Gasteiger partial charge is 0.444 e.